The molecule has 2 rings (SSSR count). The predicted octanol–water partition coefficient (Wildman–Crippen LogP) is 2.71. The van der Waals surface area contributed by atoms with Crippen LogP contribution in [0.1, 0.15) is 51.4 Å². The van der Waals surface area contributed by atoms with E-state index in [-0.39, 0.29) is 0 Å². The Morgan fingerprint density at radius 2 is 1.13 bits per heavy atom. The molecule has 0 aromatic rings. The summed E-state index contributed by atoms with van der Waals surface area (Å²) in [6, 6.07) is 0. The summed E-state index contributed by atoms with van der Waals surface area (Å²) in [6.45, 7) is 2.50. The van der Waals surface area contributed by atoms with Crippen molar-refractivity contribution < 1.29 is 4.79 Å². The number of carbonyl (C=O) groups is 1. The zero-order chi connectivity index (χ0) is 11.4. The van der Waals surface area contributed by atoms with E-state index in [1.165, 1.54) is 64.5 Å². The minimum absolute atomic E-state index is 0.639. The normalized spacial score (nSPS) is 19.3. The lowest BCUT2D eigenvalue weighted by Crippen LogP contribution is -2.21. The first-order valence-corrected chi connectivity index (χ1v) is 6.37. The average molecular weight is 232 g/mol. The fourth-order valence-electron chi connectivity index (χ4n) is 1.69. The molecule has 1 amide bonds. The molecule has 0 spiro atoms. The van der Waals surface area contributed by atoms with Crippen molar-refractivity contribution in [1.29, 1.82) is 0 Å². The van der Waals surface area contributed by atoms with Gasteiger partial charge in [-0.15, -0.1) is 0 Å². The van der Waals surface area contributed by atoms with Gasteiger partial charge in [-0.1, -0.05) is 51.2 Å². The van der Waals surface area contributed by atoms with Crippen molar-refractivity contribution in [3.05, 3.63) is 0 Å². The van der Waals surface area contributed by atoms with Gasteiger partial charge >= 0.3 is 0 Å². The molecule has 0 aromatic heterocycles. The van der Waals surface area contributed by atoms with Gasteiger partial charge in [-0.2, -0.15) is 0 Å². The van der Waals surface area contributed by atoms with Gasteiger partial charge < -0.3 is 11.1 Å². The highest BCUT2D eigenvalue weighted by molar-refractivity contribution is 7.96. The molecule has 0 radical (unpaired) electrons. The second kappa shape index (κ2) is 11.9. The van der Waals surface area contributed by atoms with E-state index in [4.69, 9.17) is 4.79 Å². The number of rotatable bonds is 0. The summed E-state index contributed by atoms with van der Waals surface area (Å²) in [6.07, 6.45) is 11.7. The molecule has 90 valence electrons. The molecule has 1 heterocycles. The van der Waals surface area contributed by atoms with Gasteiger partial charge in [0, 0.05) is 0 Å². The second-order valence-corrected chi connectivity index (χ2v) is 4.36. The van der Waals surface area contributed by atoms with Crippen LogP contribution in [0.25, 0.3) is 0 Å². The number of nitrogens with one attached hydrogen (secondary N) is 1. The van der Waals surface area contributed by atoms with E-state index in [0.29, 0.717) is 0 Å². The molecule has 1 saturated carbocycles. The molecule has 0 unspecified atom stereocenters. The number of carbonyl (C=O) groups excluding carboxylic acids is 1. The van der Waals surface area contributed by atoms with E-state index >= 15 is 0 Å². The monoisotopic (exact) mass is 232 g/mol. The summed E-state index contributed by atoms with van der Waals surface area (Å²) in [5, 5.41) is 2.65. The van der Waals surface area contributed by atoms with Crippen molar-refractivity contribution in [3.63, 3.8) is 0 Å². The highest BCUT2D eigenvalue weighted by atomic mass is 32.1. The second-order valence-electron chi connectivity index (χ2n) is 3.92. The third-order valence-electron chi connectivity index (χ3n) is 2.46. The van der Waals surface area contributed by atoms with Crippen LogP contribution in [-0.2, 0) is 0 Å². The average Bonchev–Trinajstić information content (AvgIpc) is 2.77. The molecule has 4 heteroatoms. The first-order chi connectivity index (χ1) is 7.23. The van der Waals surface area contributed by atoms with Crippen molar-refractivity contribution >= 4 is 17.9 Å². The Balaban J connectivity index is 0.000000202. The lowest BCUT2D eigenvalue weighted by molar-refractivity contribution is 0.267. The number of nitrogens with two attached hydrogens (primary N) is 1. The molecule has 1 aliphatic heterocycles. The van der Waals surface area contributed by atoms with Crippen molar-refractivity contribution in [1.82, 2.24) is 5.32 Å². The van der Waals surface area contributed by atoms with Crippen LogP contribution in [0.3, 0.4) is 0 Å². The van der Waals surface area contributed by atoms with Crippen LogP contribution >= 0.6 is 12.6 Å². The van der Waals surface area contributed by atoms with Gasteiger partial charge in [0.15, 0.2) is 0 Å². The number of hydrogen-bond acceptors (Lipinski definition) is 2. The fourth-order valence-corrected chi connectivity index (χ4v) is 1.69. The fraction of sp³-hybridized carbons (Fsp3) is 0.909. The molecule has 1 saturated heterocycles. The van der Waals surface area contributed by atoms with Gasteiger partial charge in [0.05, 0.1) is 0 Å². The van der Waals surface area contributed by atoms with Crippen molar-refractivity contribution in [2.45, 2.75) is 51.4 Å². The van der Waals surface area contributed by atoms with Gasteiger partial charge in [0.1, 0.15) is 0 Å². The van der Waals surface area contributed by atoms with Gasteiger partial charge in [-0.25, -0.2) is 0 Å². The Hall–Kier alpha value is -0.220. The van der Waals surface area contributed by atoms with Gasteiger partial charge in [0.25, 0.3) is 5.24 Å². The molecule has 2 aliphatic rings. The van der Waals surface area contributed by atoms with Crippen molar-refractivity contribution in [3.8, 4) is 0 Å². The summed E-state index contributed by atoms with van der Waals surface area (Å²) < 4.78 is 0. The topological polar surface area (TPSA) is 55.1 Å². The lowest BCUT2D eigenvalue weighted by atomic mass is 10.2. The van der Waals surface area contributed by atoms with E-state index in [0.717, 1.165) is 0 Å². The van der Waals surface area contributed by atoms with Gasteiger partial charge in [-0.05, 0) is 25.9 Å². The van der Waals surface area contributed by atoms with Crippen LogP contribution in [0.4, 0.5) is 4.79 Å². The van der Waals surface area contributed by atoms with E-state index in [2.05, 4.69) is 23.7 Å². The molecule has 3 nitrogen and oxygen atoms in total. The SMILES string of the molecule is C1CCCC1.C1CCNCC1.NC(=O)S. The van der Waals surface area contributed by atoms with E-state index in [1.807, 2.05) is 0 Å². The highest BCUT2D eigenvalue weighted by Gasteiger charge is 1.95. The van der Waals surface area contributed by atoms with Crippen LogP contribution in [0, 0.1) is 0 Å². The van der Waals surface area contributed by atoms with E-state index < -0.39 is 5.24 Å². The van der Waals surface area contributed by atoms with Crippen LogP contribution < -0.4 is 11.1 Å². The highest BCUT2D eigenvalue weighted by Crippen LogP contribution is 2.15. The third kappa shape index (κ3) is 16.5. The number of thiol groups is 1. The Morgan fingerprint density at radius 3 is 1.27 bits per heavy atom. The summed E-state index contributed by atoms with van der Waals surface area (Å²) in [4.78, 5) is 9.09. The summed E-state index contributed by atoms with van der Waals surface area (Å²) in [5.74, 6) is 0. The zero-order valence-electron chi connectivity index (χ0n) is 9.50. The first-order valence-electron chi connectivity index (χ1n) is 5.92. The predicted molar refractivity (Wildman–Crippen MR) is 68.4 cm³/mol. The van der Waals surface area contributed by atoms with Gasteiger partial charge in [-0.3, -0.25) is 4.79 Å². The standard InChI is InChI=1S/C5H11N.C5H10.CH3NOS/c1-2-4-6-5-3-1;1-2-4-5-3-1;2-1(3)4/h6H,1-5H2;1-5H2;(H3,2,3,4). The molecular formula is C11H24N2OS. The number of hydrogen-bond donors (Lipinski definition) is 3. The quantitative estimate of drug-likeness (QED) is 0.562. The van der Waals surface area contributed by atoms with Crippen molar-refractivity contribution in [2.24, 2.45) is 5.73 Å². The molecule has 2 fully saturated rings. The van der Waals surface area contributed by atoms with E-state index in [9.17, 15) is 0 Å². The third-order valence-corrected chi connectivity index (χ3v) is 2.46. The molecular weight excluding hydrogens is 208 g/mol. The smallest absolute Gasteiger partial charge is 0.273 e. The molecule has 0 aromatic carbocycles. The van der Waals surface area contributed by atoms with Gasteiger partial charge in [0.2, 0.25) is 0 Å². The minimum atomic E-state index is -0.639. The largest absolute Gasteiger partial charge is 0.361 e. The maximum absolute atomic E-state index is 9.09. The zero-order valence-corrected chi connectivity index (χ0v) is 10.4. The van der Waals surface area contributed by atoms with Crippen LogP contribution in [0.2, 0.25) is 0 Å². The maximum atomic E-state index is 9.09. The first kappa shape index (κ1) is 14.8. The van der Waals surface area contributed by atoms with E-state index in [1.54, 1.807) is 0 Å². The minimum Gasteiger partial charge on any atom is -0.361 e. The summed E-state index contributed by atoms with van der Waals surface area (Å²) in [7, 11) is 0. The number of piperidine rings is 1. The van der Waals surface area contributed by atoms with Crippen molar-refractivity contribution in [2.75, 3.05) is 13.1 Å². The number of primary amides is 1. The molecule has 3 N–H and O–H groups in total. The lowest BCUT2D eigenvalue weighted by Gasteiger charge is -2.08. The molecule has 0 bridgehead atoms. The van der Waals surface area contributed by atoms with Crippen LogP contribution in [0.5, 0.6) is 0 Å². The Kier molecular flexibility index (Phi) is 11.7. The maximum Gasteiger partial charge on any atom is 0.273 e. The summed E-state index contributed by atoms with van der Waals surface area (Å²) >= 11 is 3.10. The molecule has 1 aliphatic carbocycles. The molecule has 0 atom stereocenters. The summed E-state index contributed by atoms with van der Waals surface area (Å²) in [5.41, 5.74) is 4.34. The Bertz CT molecular complexity index is 122. The Morgan fingerprint density at radius 1 is 0.867 bits per heavy atom. The number of amides is 1. The van der Waals surface area contributed by atoms with Crippen LogP contribution in [0.15, 0.2) is 0 Å². The van der Waals surface area contributed by atoms with Crippen LogP contribution in [-0.4, -0.2) is 18.3 Å². The Labute approximate surface area is 98.6 Å². The molecule has 15 heavy (non-hydrogen) atoms.